The molecule has 0 aliphatic carbocycles. The van der Waals surface area contributed by atoms with Crippen molar-refractivity contribution in [2.45, 2.75) is 38.3 Å². The minimum absolute atomic E-state index is 0.696. The van der Waals surface area contributed by atoms with Gasteiger partial charge in [-0.05, 0) is 64.1 Å². The minimum Gasteiger partial charge on any atom is -0.495 e. The molecule has 4 heteroatoms. The lowest BCUT2D eigenvalue weighted by molar-refractivity contribution is 0.124. The van der Waals surface area contributed by atoms with Gasteiger partial charge in [-0.2, -0.15) is 0 Å². The second-order valence-electron chi connectivity index (χ2n) is 6.18. The van der Waals surface area contributed by atoms with Gasteiger partial charge in [0.1, 0.15) is 5.75 Å². The number of nitrogens with zero attached hydrogens (tertiary/aromatic N) is 2. The summed E-state index contributed by atoms with van der Waals surface area (Å²) < 4.78 is 5.22. The highest BCUT2D eigenvalue weighted by atomic mass is 35.5. The average molecular weight is 311 g/mol. The summed E-state index contributed by atoms with van der Waals surface area (Å²) in [5.41, 5.74) is 1.28. The molecule has 1 aliphatic heterocycles. The molecule has 3 nitrogen and oxygen atoms in total. The van der Waals surface area contributed by atoms with Crippen LogP contribution in [0.5, 0.6) is 5.75 Å². The largest absolute Gasteiger partial charge is 0.495 e. The third-order valence-electron chi connectivity index (χ3n) is 4.26. The molecule has 0 spiro atoms. The fraction of sp³-hybridized carbons (Fsp3) is 0.647. The number of rotatable bonds is 6. The summed E-state index contributed by atoms with van der Waals surface area (Å²) in [7, 11) is 5.95. The van der Waals surface area contributed by atoms with Crippen LogP contribution in [-0.4, -0.2) is 50.1 Å². The third-order valence-corrected chi connectivity index (χ3v) is 4.56. The monoisotopic (exact) mass is 310 g/mol. The van der Waals surface area contributed by atoms with Crippen molar-refractivity contribution in [1.82, 2.24) is 9.80 Å². The van der Waals surface area contributed by atoms with Gasteiger partial charge in [0.25, 0.3) is 0 Å². The van der Waals surface area contributed by atoms with Crippen molar-refractivity contribution in [2.75, 3.05) is 34.3 Å². The van der Waals surface area contributed by atoms with Crippen LogP contribution in [0.2, 0.25) is 5.02 Å². The fourth-order valence-corrected chi connectivity index (χ4v) is 3.33. The van der Waals surface area contributed by atoms with E-state index in [-0.39, 0.29) is 0 Å². The molecule has 1 heterocycles. The third kappa shape index (κ3) is 4.87. The second kappa shape index (κ2) is 8.02. The molecule has 0 N–H and O–H groups in total. The fourth-order valence-electron chi connectivity index (χ4n) is 3.05. The van der Waals surface area contributed by atoms with Gasteiger partial charge in [0.2, 0.25) is 0 Å². The van der Waals surface area contributed by atoms with E-state index in [0.29, 0.717) is 11.1 Å². The molecule has 2 rings (SSSR count). The van der Waals surface area contributed by atoms with Crippen LogP contribution >= 0.6 is 11.6 Å². The van der Waals surface area contributed by atoms with Crippen molar-refractivity contribution >= 4 is 11.6 Å². The van der Waals surface area contributed by atoms with E-state index in [2.05, 4.69) is 30.0 Å². The van der Waals surface area contributed by atoms with E-state index < -0.39 is 0 Å². The first-order valence-corrected chi connectivity index (χ1v) is 8.19. The Balaban J connectivity index is 1.99. The summed E-state index contributed by atoms with van der Waals surface area (Å²) in [6.45, 7) is 3.34. The zero-order chi connectivity index (χ0) is 15.2. The number of methoxy groups -OCH3 is 1. The smallest absolute Gasteiger partial charge is 0.137 e. The van der Waals surface area contributed by atoms with Gasteiger partial charge in [-0.1, -0.05) is 24.1 Å². The van der Waals surface area contributed by atoms with Crippen LogP contribution in [0.25, 0.3) is 0 Å². The molecule has 0 radical (unpaired) electrons. The Kier molecular flexibility index (Phi) is 6.34. The quantitative estimate of drug-likeness (QED) is 0.797. The molecular weight excluding hydrogens is 284 g/mol. The highest BCUT2D eigenvalue weighted by Crippen LogP contribution is 2.27. The van der Waals surface area contributed by atoms with Crippen molar-refractivity contribution in [3.63, 3.8) is 0 Å². The Morgan fingerprint density at radius 1 is 1.33 bits per heavy atom. The van der Waals surface area contributed by atoms with Crippen molar-refractivity contribution in [3.05, 3.63) is 28.8 Å². The summed E-state index contributed by atoms with van der Waals surface area (Å²) in [6, 6.07) is 6.83. The van der Waals surface area contributed by atoms with E-state index in [9.17, 15) is 0 Å². The van der Waals surface area contributed by atoms with E-state index >= 15 is 0 Å². The zero-order valence-corrected chi connectivity index (χ0v) is 14.2. The molecule has 1 fully saturated rings. The first kappa shape index (κ1) is 16.6. The molecule has 1 aromatic carbocycles. The maximum atomic E-state index is 6.24. The number of hydrogen-bond donors (Lipinski definition) is 0. The van der Waals surface area contributed by atoms with Crippen molar-refractivity contribution in [1.29, 1.82) is 0 Å². The Hall–Kier alpha value is -0.770. The summed E-state index contributed by atoms with van der Waals surface area (Å²) in [6.07, 6.45) is 5.23. The number of piperidine rings is 1. The van der Waals surface area contributed by atoms with Gasteiger partial charge in [0.15, 0.2) is 0 Å². The maximum absolute atomic E-state index is 6.24. The Morgan fingerprint density at radius 2 is 2.14 bits per heavy atom. The standard InChI is InChI=1S/C17H27ClN2O/c1-19(2)11-9-15-6-4-5-10-20(15)13-14-7-8-17(21-3)16(18)12-14/h7-8,12,15H,4-6,9-11,13H2,1-3H3/t15-/m0/s1. The van der Waals surface area contributed by atoms with Crippen LogP contribution in [0.4, 0.5) is 0 Å². The molecule has 0 saturated carbocycles. The van der Waals surface area contributed by atoms with Crippen LogP contribution in [0.15, 0.2) is 18.2 Å². The van der Waals surface area contributed by atoms with Crippen molar-refractivity contribution in [3.8, 4) is 5.75 Å². The van der Waals surface area contributed by atoms with E-state index in [1.807, 2.05) is 12.1 Å². The Morgan fingerprint density at radius 3 is 2.81 bits per heavy atom. The van der Waals surface area contributed by atoms with Crippen LogP contribution in [0.3, 0.4) is 0 Å². The lowest BCUT2D eigenvalue weighted by Gasteiger charge is -2.36. The molecule has 0 amide bonds. The normalized spacial score (nSPS) is 20.0. The number of ether oxygens (including phenoxy) is 1. The van der Waals surface area contributed by atoms with E-state index in [0.717, 1.165) is 18.8 Å². The topological polar surface area (TPSA) is 15.7 Å². The number of likely N-dealkylation sites (tertiary alicyclic amines) is 1. The predicted octanol–water partition coefficient (Wildman–Crippen LogP) is 3.65. The van der Waals surface area contributed by atoms with Crippen LogP contribution < -0.4 is 4.74 Å². The van der Waals surface area contributed by atoms with Gasteiger partial charge in [-0.15, -0.1) is 0 Å². The van der Waals surface area contributed by atoms with Gasteiger partial charge < -0.3 is 9.64 Å². The average Bonchev–Trinajstić information content (AvgIpc) is 2.46. The second-order valence-corrected chi connectivity index (χ2v) is 6.59. The molecule has 0 aromatic heterocycles. The van der Waals surface area contributed by atoms with Crippen molar-refractivity contribution < 1.29 is 4.74 Å². The Bertz CT molecular complexity index is 450. The van der Waals surface area contributed by atoms with Crippen LogP contribution in [-0.2, 0) is 6.54 Å². The van der Waals surface area contributed by atoms with Gasteiger partial charge in [-0.3, -0.25) is 4.90 Å². The van der Waals surface area contributed by atoms with E-state index in [4.69, 9.17) is 16.3 Å². The summed E-state index contributed by atoms with van der Waals surface area (Å²) >= 11 is 6.24. The Labute approximate surface area is 133 Å². The first-order valence-electron chi connectivity index (χ1n) is 7.81. The van der Waals surface area contributed by atoms with Gasteiger partial charge in [-0.25, -0.2) is 0 Å². The maximum Gasteiger partial charge on any atom is 0.137 e. The predicted molar refractivity (Wildman–Crippen MR) is 89.2 cm³/mol. The van der Waals surface area contributed by atoms with Crippen LogP contribution in [0.1, 0.15) is 31.2 Å². The number of benzene rings is 1. The van der Waals surface area contributed by atoms with Gasteiger partial charge in [0, 0.05) is 12.6 Å². The molecule has 21 heavy (non-hydrogen) atoms. The molecule has 118 valence electrons. The highest BCUT2D eigenvalue weighted by molar-refractivity contribution is 6.32. The molecule has 1 saturated heterocycles. The number of halogens is 1. The lowest BCUT2D eigenvalue weighted by atomic mass is 9.98. The molecule has 1 aliphatic rings. The van der Waals surface area contributed by atoms with Crippen LogP contribution in [0, 0.1) is 0 Å². The molecule has 0 unspecified atom stereocenters. The van der Waals surface area contributed by atoms with Gasteiger partial charge >= 0.3 is 0 Å². The SMILES string of the molecule is COc1ccc(CN2CCCC[C@H]2CCN(C)C)cc1Cl. The minimum atomic E-state index is 0.696. The summed E-state index contributed by atoms with van der Waals surface area (Å²) in [5, 5.41) is 0.705. The van der Waals surface area contributed by atoms with Crippen molar-refractivity contribution in [2.24, 2.45) is 0 Å². The molecule has 0 bridgehead atoms. The summed E-state index contributed by atoms with van der Waals surface area (Å²) in [5.74, 6) is 0.753. The summed E-state index contributed by atoms with van der Waals surface area (Å²) in [4.78, 5) is 4.89. The first-order chi connectivity index (χ1) is 10.1. The molecular formula is C17H27ClN2O. The zero-order valence-electron chi connectivity index (χ0n) is 13.4. The highest BCUT2D eigenvalue weighted by Gasteiger charge is 2.22. The van der Waals surface area contributed by atoms with E-state index in [1.54, 1.807) is 7.11 Å². The number of hydrogen-bond acceptors (Lipinski definition) is 3. The van der Waals surface area contributed by atoms with E-state index in [1.165, 1.54) is 37.8 Å². The van der Waals surface area contributed by atoms with Gasteiger partial charge in [0.05, 0.1) is 12.1 Å². The lowest BCUT2D eigenvalue weighted by Crippen LogP contribution is -2.40. The molecule has 1 aromatic rings. The molecule has 1 atom stereocenters.